The highest BCUT2D eigenvalue weighted by molar-refractivity contribution is 5.81. The Labute approximate surface area is 160 Å². The Balaban J connectivity index is 1.81. The monoisotopic (exact) mass is 362 g/mol. The summed E-state index contributed by atoms with van der Waals surface area (Å²) in [5, 5.41) is 7.72. The second-order valence-corrected chi connectivity index (χ2v) is 6.67. The Morgan fingerprint density at radius 1 is 1.11 bits per heavy atom. The molecule has 5 nitrogen and oxygen atoms in total. The second kappa shape index (κ2) is 9.14. The highest BCUT2D eigenvalue weighted by atomic mass is 16.2. The maximum atomic E-state index is 12.2. The third kappa shape index (κ3) is 5.05. The van der Waals surface area contributed by atoms with Crippen LogP contribution in [-0.4, -0.2) is 21.7 Å². The normalized spacial score (nSPS) is 11.9. The van der Waals surface area contributed by atoms with Crippen molar-refractivity contribution in [2.75, 3.05) is 0 Å². The van der Waals surface area contributed by atoms with Crippen molar-refractivity contribution in [2.24, 2.45) is 5.73 Å². The smallest absolute Gasteiger partial charge is 0.237 e. The molecular formula is C22H26N4O. The van der Waals surface area contributed by atoms with E-state index in [0.717, 1.165) is 23.2 Å². The molecule has 1 atom stereocenters. The maximum absolute atomic E-state index is 12.2. The summed E-state index contributed by atoms with van der Waals surface area (Å²) in [4.78, 5) is 12.2. The first kappa shape index (κ1) is 18.9. The molecule has 27 heavy (non-hydrogen) atoms. The van der Waals surface area contributed by atoms with Gasteiger partial charge in [-0.1, -0.05) is 74.0 Å². The highest BCUT2D eigenvalue weighted by Gasteiger charge is 2.15. The number of nitrogens with one attached hydrogen (secondary N) is 1. The van der Waals surface area contributed by atoms with Gasteiger partial charge in [0.2, 0.25) is 5.91 Å². The average Bonchev–Trinajstić information content (AvgIpc) is 3.10. The van der Waals surface area contributed by atoms with Crippen LogP contribution >= 0.6 is 0 Å². The number of hydrogen-bond acceptors (Lipinski definition) is 3. The van der Waals surface area contributed by atoms with Crippen molar-refractivity contribution in [3.8, 4) is 11.3 Å². The third-order valence-electron chi connectivity index (χ3n) is 4.46. The lowest BCUT2D eigenvalue weighted by Crippen LogP contribution is -2.40. The fraction of sp³-hybridized carbons (Fsp3) is 0.273. The summed E-state index contributed by atoms with van der Waals surface area (Å²) in [6.45, 7) is 3.12. The first-order valence-corrected chi connectivity index (χ1v) is 9.36. The first-order chi connectivity index (χ1) is 13.2. The molecule has 3 aromatic rings. The van der Waals surface area contributed by atoms with Crippen LogP contribution < -0.4 is 11.1 Å². The van der Waals surface area contributed by atoms with Crippen molar-refractivity contribution >= 4 is 5.91 Å². The molecule has 1 heterocycles. The van der Waals surface area contributed by atoms with E-state index in [1.165, 1.54) is 5.56 Å². The van der Waals surface area contributed by atoms with Gasteiger partial charge in [-0.25, -0.2) is 0 Å². The Hall–Kier alpha value is -2.92. The van der Waals surface area contributed by atoms with Gasteiger partial charge < -0.3 is 11.1 Å². The SMILES string of the molecule is CCCC(N)C(=O)NCc1cn(Cc2ccccc2)nc1-c1ccccc1. The summed E-state index contributed by atoms with van der Waals surface area (Å²) in [5.74, 6) is -0.119. The van der Waals surface area contributed by atoms with Crippen molar-refractivity contribution in [3.63, 3.8) is 0 Å². The molecule has 1 unspecified atom stereocenters. The summed E-state index contributed by atoms with van der Waals surface area (Å²) in [6.07, 6.45) is 3.57. The van der Waals surface area contributed by atoms with Crippen molar-refractivity contribution in [1.82, 2.24) is 15.1 Å². The van der Waals surface area contributed by atoms with Gasteiger partial charge in [0.05, 0.1) is 18.3 Å². The van der Waals surface area contributed by atoms with Crippen LogP contribution in [0.25, 0.3) is 11.3 Å². The zero-order chi connectivity index (χ0) is 19.1. The first-order valence-electron chi connectivity index (χ1n) is 9.36. The minimum absolute atomic E-state index is 0.119. The van der Waals surface area contributed by atoms with Gasteiger partial charge in [0.15, 0.2) is 0 Å². The fourth-order valence-corrected chi connectivity index (χ4v) is 3.04. The summed E-state index contributed by atoms with van der Waals surface area (Å²) in [6, 6.07) is 19.8. The lowest BCUT2D eigenvalue weighted by molar-refractivity contribution is -0.122. The van der Waals surface area contributed by atoms with Crippen LogP contribution in [0.15, 0.2) is 66.9 Å². The van der Waals surface area contributed by atoms with E-state index in [0.29, 0.717) is 19.5 Å². The quantitative estimate of drug-likeness (QED) is 0.645. The molecule has 0 spiro atoms. The average molecular weight is 362 g/mol. The summed E-state index contributed by atoms with van der Waals surface area (Å²) >= 11 is 0. The number of rotatable bonds is 8. The van der Waals surface area contributed by atoms with Crippen LogP contribution in [0.1, 0.15) is 30.9 Å². The number of carbonyl (C=O) groups is 1. The minimum Gasteiger partial charge on any atom is -0.351 e. The number of hydrogen-bond donors (Lipinski definition) is 2. The van der Waals surface area contributed by atoms with E-state index < -0.39 is 6.04 Å². The molecule has 0 radical (unpaired) electrons. The number of aromatic nitrogens is 2. The topological polar surface area (TPSA) is 72.9 Å². The van der Waals surface area contributed by atoms with E-state index in [1.807, 2.05) is 66.3 Å². The van der Waals surface area contributed by atoms with Gasteiger partial charge in [0.1, 0.15) is 0 Å². The molecule has 3 N–H and O–H groups in total. The standard InChI is InChI=1S/C22H26N4O/c1-2-9-20(23)22(27)24-14-19-16-26(15-17-10-5-3-6-11-17)25-21(19)18-12-7-4-8-13-18/h3-8,10-13,16,20H,2,9,14-15,23H2,1H3,(H,24,27). The molecule has 1 aromatic heterocycles. The van der Waals surface area contributed by atoms with E-state index in [9.17, 15) is 4.79 Å². The van der Waals surface area contributed by atoms with E-state index in [1.54, 1.807) is 0 Å². The van der Waals surface area contributed by atoms with Crippen LogP contribution in [0.3, 0.4) is 0 Å². The van der Waals surface area contributed by atoms with Gasteiger partial charge in [-0.3, -0.25) is 9.48 Å². The van der Waals surface area contributed by atoms with Crippen LogP contribution in [0, 0.1) is 0 Å². The molecule has 0 aliphatic rings. The predicted octanol–water partition coefficient (Wildman–Crippen LogP) is 3.34. The molecule has 0 saturated heterocycles. The molecule has 3 rings (SSSR count). The van der Waals surface area contributed by atoms with Crippen LogP contribution in [0.5, 0.6) is 0 Å². The summed E-state index contributed by atoms with van der Waals surface area (Å²) in [7, 11) is 0. The Bertz CT molecular complexity index is 859. The van der Waals surface area contributed by atoms with Crippen LogP contribution in [0.4, 0.5) is 0 Å². The Morgan fingerprint density at radius 3 is 2.44 bits per heavy atom. The predicted molar refractivity (Wildman–Crippen MR) is 108 cm³/mol. The Morgan fingerprint density at radius 2 is 1.78 bits per heavy atom. The van der Waals surface area contributed by atoms with E-state index in [-0.39, 0.29) is 5.91 Å². The molecule has 0 aliphatic heterocycles. The van der Waals surface area contributed by atoms with Gasteiger partial charge in [0.25, 0.3) is 0 Å². The number of benzene rings is 2. The number of amides is 1. The molecule has 1 amide bonds. The van der Waals surface area contributed by atoms with E-state index >= 15 is 0 Å². The van der Waals surface area contributed by atoms with Gasteiger partial charge in [-0.2, -0.15) is 5.10 Å². The van der Waals surface area contributed by atoms with Crippen LogP contribution in [0.2, 0.25) is 0 Å². The molecule has 2 aromatic carbocycles. The van der Waals surface area contributed by atoms with E-state index in [4.69, 9.17) is 10.8 Å². The maximum Gasteiger partial charge on any atom is 0.237 e. The van der Waals surface area contributed by atoms with Crippen LogP contribution in [-0.2, 0) is 17.9 Å². The molecule has 0 fully saturated rings. The molecule has 0 saturated carbocycles. The molecule has 0 aliphatic carbocycles. The zero-order valence-corrected chi connectivity index (χ0v) is 15.6. The number of nitrogens with zero attached hydrogens (tertiary/aromatic N) is 2. The van der Waals surface area contributed by atoms with Crippen molar-refractivity contribution in [1.29, 1.82) is 0 Å². The second-order valence-electron chi connectivity index (χ2n) is 6.67. The van der Waals surface area contributed by atoms with Gasteiger partial charge >= 0.3 is 0 Å². The zero-order valence-electron chi connectivity index (χ0n) is 15.6. The van der Waals surface area contributed by atoms with E-state index in [2.05, 4.69) is 17.4 Å². The van der Waals surface area contributed by atoms with Gasteiger partial charge in [-0.05, 0) is 12.0 Å². The lowest BCUT2D eigenvalue weighted by atomic mass is 10.1. The fourth-order valence-electron chi connectivity index (χ4n) is 3.04. The molecular weight excluding hydrogens is 336 g/mol. The summed E-state index contributed by atoms with van der Waals surface area (Å²) in [5.41, 5.74) is 10.00. The molecule has 140 valence electrons. The highest BCUT2D eigenvalue weighted by Crippen LogP contribution is 2.22. The summed E-state index contributed by atoms with van der Waals surface area (Å²) < 4.78 is 1.92. The number of carbonyl (C=O) groups excluding carboxylic acids is 1. The largest absolute Gasteiger partial charge is 0.351 e. The lowest BCUT2D eigenvalue weighted by Gasteiger charge is -2.11. The van der Waals surface area contributed by atoms with Crippen molar-refractivity contribution < 1.29 is 4.79 Å². The molecule has 5 heteroatoms. The number of nitrogens with two attached hydrogens (primary N) is 1. The van der Waals surface area contributed by atoms with Crippen molar-refractivity contribution in [2.45, 2.75) is 38.9 Å². The minimum atomic E-state index is -0.463. The Kier molecular flexibility index (Phi) is 6.39. The third-order valence-corrected chi connectivity index (χ3v) is 4.46. The molecule has 0 bridgehead atoms. The van der Waals surface area contributed by atoms with Gasteiger partial charge in [-0.15, -0.1) is 0 Å². The van der Waals surface area contributed by atoms with Gasteiger partial charge in [0, 0.05) is 23.9 Å². The van der Waals surface area contributed by atoms with Crippen molar-refractivity contribution in [3.05, 3.63) is 78.0 Å².